The average Bonchev–Trinajstić information content (AvgIpc) is 2.17. The third-order valence-electron chi connectivity index (χ3n) is 1.90. The second-order valence-electron chi connectivity index (χ2n) is 2.96. The highest BCUT2D eigenvalue weighted by Gasteiger charge is 2.17. The number of benzene rings is 1. The van der Waals surface area contributed by atoms with Crippen LogP contribution in [0.15, 0.2) is 22.7 Å². The molecule has 0 aromatic heterocycles. The van der Waals surface area contributed by atoms with Crippen LogP contribution in [-0.4, -0.2) is 11.7 Å². The van der Waals surface area contributed by atoms with E-state index in [4.69, 9.17) is 11.6 Å². The van der Waals surface area contributed by atoms with Crippen LogP contribution in [0.3, 0.4) is 0 Å². The van der Waals surface area contributed by atoms with Crippen LogP contribution in [0.1, 0.15) is 17.6 Å². The molecule has 0 atom stereocenters. The number of carbonyl (C=O) groups excluding carboxylic acids is 1. The Morgan fingerprint density at radius 3 is 2.67 bits per heavy atom. The first-order chi connectivity index (χ1) is 7.06. The first-order valence-corrected chi connectivity index (χ1v) is 5.52. The topological polar surface area (TPSA) is 17.1 Å². The van der Waals surface area contributed by atoms with E-state index in [0.717, 1.165) is 0 Å². The van der Waals surface area contributed by atoms with Crippen molar-refractivity contribution in [2.45, 2.75) is 12.8 Å². The lowest BCUT2D eigenvalue weighted by Crippen LogP contribution is -2.07. The van der Waals surface area contributed by atoms with Gasteiger partial charge < -0.3 is 0 Å². The second-order valence-corrected chi connectivity index (χ2v) is 4.08. The SMILES string of the molecule is O=C(CCl)Cc1cccc(Br)c1C(F)F. The minimum absolute atomic E-state index is 0.0530. The zero-order chi connectivity index (χ0) is 11.4. The molecule has 0 amide bonds. The Balaban J connectivity index is 3.06. The summed E-state index contributed by atoms with van der Waals surface area (Å²) >= 11 is 8.36. The summed E-state index contributed by atoms with van der Waals surface area (Å²) in [6, 6.07) is 4.65. The second kappa shape index (κ2) is 5.56. The highest BCUT2D eigenvalue weighted by atomic mass is 79.9. The summed E-state index contributed by atoms with van der Waals surface area (Å²) in [7, 11) is 0. The summed E-state index contributed by atoms with van der Waals surface area (Å²) in [6.07, 6.45) is -2.65. The van der Waals surface area contributed by atoms with Crippen molar-refractivity contribution >= 4 is 33.3 Å². The first kappa shape index (κ1) is 12.6. The summed E-state index contributed by atoms with van der Waals surface area (Å²) in [5.41, 5.74) is 0.195. The molecular formula is C10H8BrClF2O. The Kier molecular flexibility index (Phi) is 4.67. The van der Waals surface area contributed by atoms with Crippen molar-refractivity contribution in [2.24, 2.45) is 0 Å². The standard InChI is InChI=1S/C10H8BrClF2O/c11-8-3-1-2-6(4-7(15)5-12)9(8)10(13)14/h1-3,10H,4-5H2. The van der Waals surface area contributed by atoms with E-state index >= 15 is 0 Å². The van der Waals surface area contributed by atoms with Gasteiger partial charge >= 0.3 is 0 Å². The van der Waals surface area contributed by atoms with Crippen LogP contribution in [0.4, 0.5) is 8.78 Å². The maximum atomic E-state index is 12.7. The lowest BCUT2D eigenvalue weighted by Gasteiger charge is -2.09. The number of carbonyl (C=O) groups is 1. The Morgan fingerprint density at radius 1 is 1.47 bits per heavy atom. The highest BCUT2D eigenvalue weighted by Crippen LogP contribution is 2.30. The highest BCUT2D eigenvalue weighted by molar-refractivity contribution is 9.10. The fourth-order valence-corrected chi connectivity index (χ4v) is 1.91. The first-order valence-electron chi connectivity index (χ1n) is 4.19. The van der Waals surface area contributed by atoms with E-state index in [-0.39, 0.29) is 23.6 Å². The van der Waals surface area contributed by atoms with Gasteiger partial charge in [0, 0.05) is 16.5 Å². The summed E-state index contributed by atoms with van der Waals surface area (Å²) in [4.78, 5) is 11.1. The van der Waals surface area contributed by atoms with Crippen LogP contribution < -0.4 is 0 Å². The van der Waals surface area contributed by atoms with Crippen LogP contribution in [-0.2, 0) is 11.2 Å². The van der Waals surface area contributed by atoms with E-state index in [1.165, 1.54) is 12.1 Å². The largest absolute Gasteiger partial charge is 0.298 e. The number of ketones is 1. The van der Waals surface area contributed by atoms with Crippen LogP contribution in [0.2, 0.25) is 0 Å². The van der Waals surface area contributed by atoms with E-state index in [2.05, 4.69) is 15.9 Å². The fourth-order valence-electron chi connectivity index (χ4n) is 1.24. The molecule has 0 heterocycles. The minimum atomic E-state index is -2.60. The van der Waals surface area contributed by atoms with Gasteiger partial charge in [-0.05, 0) is 11.6 Å². The molecule has 0 aliphatic rings. The summed E-state index contributed by atoms with van der Waals surface area (Å²) in [5, 5.41) is 0. The summed E-state index contributed by atoms with van der Waals surface area (Å²) in [5.74, 6) is -0.425. The van der Waals surface area contributed by atoms with Crippen molar-refractivity contribution in [1.82, 2.24) is 0 Å². The molecule has 1 aromatic carbocycles. The molecule has 0 bridgehead atoms. The van der Waals surface area contributed by atoms with E-state index in [1.54, 1.807) is 6.07 Å². The van der Waals surface area contributed by atoms with Crippen LogP contribution in [0.5, 0.6) is 0 Å². The normalized spacial score (nSPS) is 10.7. The number of hydrogen-bond acceptors (Lipinski definition) is 1. The molecule has 0 aliphatic heterocycles. The molecule has 0 N–H and O–H groups in total. The summed E-state index contributed by atoms with van der Waals surface area (Å²) in [6.45, 7) is 0. The Bertz CT molecular complexity index is 368. The Labute approximate surface area is 99.6 Å². The van der Waals surface area contributed by atoms with Gasteiger partial charge in [-0.3, -0.25) is 4.79 Å². The van der Waals surface area contributed by atoms with Crippen molar-refractivity contribution in [3.05, 3.63) is 33.8 Å². The molecule has 0 unspecified atom stereocenters. The Morgan fingerprint density at radius 2 is 2.13 bits per heavy atom. The van der Waals surface area contributed by atoms with Crippen molar-refractivity contribution in [3.8, 4) is 0 Å². The molecule has 0 fully saturated rings. The monoisotopic (exact) mass is 296 g/mol. The van der Waals surface area contributed by atoms with E-state index in [0.29, 0.717) is 10.0 Å². The van der Waals surface area contributed by atoms with Crippen LogP contribution in [0.25, 0.3) is 0 Å². The van der Waals surface area contributed by atoms with Crippen molar-refractivity contribution in [3.63, 3.8) is 0 Å². The smallest absolute Gasteiger partial charge is 0.265 e. The zero-order valence-corrected chi connectivity index (χ0v) is 9.99. The fraction of sp³-hybridized carbons (Fsp3) is 0.300. The molecular weight excluding hydrogens is 289 g/mol. The van der Waals surface area contributed by atoms with Gasteiger partial charge in [0.05, 0.1) is 5.88 Å². The average molecular weight is 298 g/mol. The predicted octanol–water partition coefficient (Wildman–Crippen LogP) is 3.74. The van der Waals surface area contributed by atoms with E-state index in [1.807, 2.05) is 0 Å². The molecule has 1 rings (SSSR count). The van der Waals surface area contributed by atoms with Gasteiger partial charge in [-0.15, -0.1) is 11.6 Å². The lowest BCUT2D eigenvalue weighted by molar-refractivity contribution is -0.116. The van der Waals surface area contributed by atoms with E-state index in [9.17, 15) is 13.6 Å². The summed E-state index contributed by atoms with van der Waals surface area (Å²) < 4.78 is 25.7. The van der Waals surface area contributed by atoms with Crippen molar-refractivity contribution in [1.29, 1.82) is 0 Å². The number of hydrogen-bond donors (Lipinski definition) is 0. The molecule has 82 valence electrons. The van der Waals surface area contributed by atoms with Gasteiger partial charge in [-0.1, -0.05) is 28.1 Å². The van der Waals surface area contributed by atoms with E-state index < -0.39 is 6.43 Å². The number of halogens is 4. The Hall–Kier alpha value is -0.480. The maximum absolute atomic E-state index is 12.7. The number of alkyl halides is 3. The molecule has 1 aromatic rings. The minimum Gasteiger partial charge on any atom is -0.298 e. The van der Waals surface area contributed by atoms with Gasteiger partial charge in [-0.25, -0.2) is 8.78 Å². The molecule has 0 spiro atoms. The molecule has 15 heavy (non-hydrogen) atoms. The van der Waals surface area contributed by atoms with Gasteiger partial charge in [0.15, 0.2) is 5.78 Å². The third-order valence-corrected chi connectivity index (χ3v) is 2.89. The molecule has 0 saturated carbocycles. The third kappa shape index (κ3) is 3.24. The lowest BCUT2D eigenvalue weighted by atomic mass is 10.0. The molecule has 0 radical (unpaired) electrons. The quantitative estimate of drug-likeness (QED) is 0.774. The van der Waals surface area contributed by atoms with Gasteiger partial charge in [0.1, 0.15) is 0 Å². The number of Topliss-reactive ketones (excluding diaryl/α,β-unsaturated/α-hetero) is 1. The molecule has 0 saturated heterocycles. The molecule has 5 heteroatoms. The van der Waals surface area contributed by atoms with Crippen molar-refractivity contribution < 1.29 is 13.6 Å². The van der Waals surface area contributed by atoms with Crippen LogP contribution >= 0.6 is 27.5 Å². The predicted molar refractivity (Wildman–Crippen MR) is 58.5 cm³/mol. The maximum Gasteiger partial charge on any atom is 0.265 e. The van der Waals surface area contributed by atoms with Gasteiger partial charge in [0.25, 0.3) is 6.43 Å². The van der Waals surface area contributed by atoms with Crippen LogP contribution in [0, 0.1) is 0 Å². The van der Waals surface area contributed by atoms with Crippen molar-refractivity contribution in [2.75, 3.05) is 5.88 Å². The molecule has 1 nitrogen and oxygen atoms in total. The number of rotatable bonds is 4. The zero-order valence-electron chi connectivity index (χ0n) is 7.64. The van der Waals surface area contributed by atoms with Gasteiger partial charge in [0.2, 0.25) is 0 Å². The molecule has 0 aliphatic carbocycles. The van der Waals surface area contributed by atoms with Gasteiger partial charge in [-0.2, -0.15) is 0 Å².